The maximum atomic E-state index is 13.1. The van der Waals surface area contributed by atoms with Crippen LogP contribution >= 0.6 is 34.9 Å². The number of amides is 2. The van der Waals surface area contributed by atoms with Crippen molar-refractivity contribution in [1.82, 2.24) is 24.8 Å². The summed E-state index contributed by atoms with van der Waals surface area (Å²) in [5, 5.41) is 7.29. The van der Waals surface area contributed by atoms with Gasteiger partial charge in [0.25, 0.3) is 5.56 Å². The molecule has 0 unspecified atom stereocenters. The zero-order valence-corrected chi connectivity index (χ0v) is 19.4. The van der Waals surface area contributed by atoms with E-state index in [0.29, 0.717) is 20.8 Å². The number of hydrogen-bond acceptors (Lipinski definition) is 8. The number of thiophene rings is 1. The zero-order chi connectivity index (χ0) is 22.8. The maximum absolute atomic E-state index is 13.1. The molecule has 32 heavy (non-hydrogen) atoms. The Hall–Kier alpha value is -3.09. The molecule has 3 aromatic rings. The highest BCUT2D eigenvalue weighted by Crippen LogP contribution is 2.31. The lowest BCUT2D eigenvalue weighted by Gasteiger charge is -2.28. The van der Waals surface area contributed by atoms with E-state index in [0.717, 1.165) is 16.2 Å². The van der Waals surface area contributed by atoms with Crippen molar-refractivity contribution < 1.29 is 14.3 Å². The third kappa shape index (κ3) is 4.04. The van der Waals surface area contributed by atoms with Crippen molar-refractivity contribution in [2.75, 3.05) is 6.61 Å². The van der Waals surface area contributed by atoms with Crippen LogP contribution in [0.3, 0.4) is 0 Å². The predicted molar refractivity (Wildman–Crippen MR) is 125 cm³/mol. The molecule has 4 rings (SSSR count). The summed E-state index contributed by atoms with van der Waals surface area (Å²) in [6.45, 7) is 5.97. The van der Waals surface area contributed by atoms with Gasteiger partial charge in [-0.05, 0) is 30.6 Å². The number of carbonyl (C=O) groups excluding carboxylic acids is 2. The lowest BCUT2D eigenvalue weighted by molar-refractivity contribution is -0.139. The Morgan fingerprint density at radius 2 is 2.25 bits per heavy atom. The number of aromatic nitrogens is 3. The minimum atomic E-state index is -0.680. The van der Waals surface area contributed by atoms with Gasteiger partial charge in [0.2, 0.25) is 0 Å². The van der Waals surface area contributed by atoms with Crippen molar-refractivity contribution in [2.45, 2.75) is 26.1 Å². The minimum Gasteiger partial charge on any atom is -0.463 e. The Morgan fingerprint density at radius 3 is 2.94 bits per heavy atom. The number of esters is 1. The van der Waals surface area contributed by atoms with E-state index in [-0.39, 0.29) is 30.0 Å². The van der Waals surface area contributed by atoms with Gasteiger partial charge >= 0.3 is 12.0 Å². The summed E-state index contributed by atoms with van der Waals surface area (Å²) in [4.78, 5) is 43.5. The van der Waals surface area contributed by atoms with Gasteiger partial charge in [0.05, 0.1) is 30.5 Å². The molecule has 0 aliphatic carbocycles. The van der Waals surface area contributed by atoms with E-state index in [4.69, 9.17) is 17.0 Å². The largest absolute Gasteiger partial charge is 0.463 e. The Balaban J connectivity index is 1.82. The molecule has 1 aliphatic heterocycles. The number of hydrogen-bond donors (Lipinski definition) is 2. The molecule has 0 saturated carbocycles. The Morgan fingerprint density at radius 1 is 1.44 bits per heavy atom. The molecule has 0 saturated heterocycles. The molecular formula is C20H19N5O4S3. The van der Waals surface area contributed by atoms with Gasteiger partial charge in [-0.3, -0.25) is 9.36 Å². The number of nitrogens with zero attached hydrogens (tertiary/aromatic N) is 3. The van der Waals surface area contributed by atoms with Gasteiger partial charge in [0.15, 0.2) is 9.60 Å². The van der Waals surface area contributed by atoms with Gasteiger partial charge in [0, 0.05) is 11.4 Å². The molecule has 2 N–H and O–H groups in total. The highest BCUT2D eigenvalue weighted by molar-refractivity contribution is 7.73. The van der Waals surface area contributed by atoms with Gasteiger partial charge in [-0.2, -0.15) is 0 Å². The summed E-state index contributed by atoms with van der Waals surface area (Å²) in [5.41, 5.74) is 0.692. The molecule has 0 bridgehead atoms. The monoisotopic (exact) mass is 489 g/mol. The van der Waals surface area contributed by atoms with E-state index in [1.165, 1.54) is 22.2 Å². The number of rotatable bonds is 7. The molecule has 1 aliphatic rings. The van der Waals surface area contributed by atoms with Crippen molar-refractivity contribution in [3.05, 3.63) is 67.0 Å². The van der Waals surface area contributed by atoms with Crippen LogP contribution in [0.5, 0.6) is 0 Å². The molecular weight excluding hydrogens is 470 g/mol. The number of carbonyl (C=O) groups is 2. The fourth-order valence-electron chi connectivity index (χ4n) is 3.41. The molecule has 0 radical (unpaired) electrons. The molecule has 2 amide bonds. The number of ether oxygens (including phenoxy) is 1. The average molecular weight is 490 g/mol. The summed E-state index contributed by atoms with van der Waals surface area (Å²) in [6, 6.07) is 2.51. The van der Waals surface area contributed by atoms with E-state index >= 15 is 0 Å². The lowest BCUT2D eigenvalue weighted by Crippen LogP contribution is -2.47. The van der Waals surface area contributed by atoms with Crippen LogP contribution in [-0.2, 0) is 22.6 Å². The van der Waals surface area contributed by atoms with E-state index in [2.05, 4.69) is 22.2 Å². The quantitative estimate of drug-likeness (QED) is 0.300. The normalized spacial score (nSPS) is 16.0. The van der Waals surface area contributed by atoms with Crippen LogP contribution in [0.25, 0.3) is 10.3 Å². The minimum absolute atomic E-state index is 0.0582. The predicted octanol–water partition coefficient (Wildman–Crippen LogP) is 3.11. The second-order valence-corrected chi connectivity index (χ2v) is 9.38. The van der Waals surface area contributed by atoms with Gasteiger partial charge in [-0.1, -0.05) is 23.5 Å². The number of nitrogens with one attached hydrogen (secondary N) is 2. The topological polar surface area (TPSA) is 107 Å². The van der Waals surface area contributed by atoms with Crippen LogP contribution in [0.1, 0.15) is 17.8 Å². The first kappa shape index (κ1) is 22.1. The van der Waals surface area contributed by atoms with Crippen LogP contribution in [0.4, 0.5) is 4.79 Å². The maximum Gasteiger partial charge on any atom is 0.338 e. The standard InChI is InChI=1S/C20H19N5O4S3/c1-3-7-25-16-15(32-20(25)30)17(26)24(10-21-16)9-11-13(18(27)29-4-2)14(23-19(28)22-11)12-6-5-8-31-12/h3,5-6,8,10,14H,1,4,7,9H2,2H3,(H2,22,23,28)/t14-/m1/s1. The summed E-state index contributed by atoms with van der Waals surface area (Å²) in [5.74, 6) is -0.566. The molecule has 0 fully saturated rings. The lowest BCUT2D eigenvalue weighted by atomic mass is 10.0. The Bertz CT molecular complexity index is 1350. The summed E-state index contributed by atoms with van der Waals surface area (Å²) < 4.78 is 9.24. The van der Waals surface area contributed by atoms with Crippen molar-refractivity contribution in [1.29, 1.82) is 0 Å². The third-order valence-corrected chi connectivity index (χ3v) is 7.12. The van der Waals surface area contributed by atoms with Gasteiger partial charge in [-0.25, -0.2) is 14.6 Å². The van der Waals surface area contributed by atoms with Crippen molar-refractivity contribution in [2.24, 2.45) is 0 Å². The highest BCUT2D eigenvalue weighted by atomic mass is 32.1. The first-order valence-electron chi connectivity index (χ1n) is 9.65. The van der Waals surface area contributed by atoms with E-state index < -0.39 is 18.0 Å². The van der Waals surface area contributed by atoms with Crippen molar-refractivity contribution in [3.8, 4) is 0 Å². The fourth-order valence-corrected chi connectivity index (χ4v) is 5.51. The number of allylic oxidation sites excluding steroid dienone is 2. The Labute approximate surface area is 195 Å². The zero-order valence-electron chi connectivity index (χ0n) is 17.0. The summed E-state index contributed by atoms with van der Waals surface area (Å²) >= 11 is 7.92. The van der Waals surface area contributed by atoms with Crippen LogP contribution in [0.15, 0.2) is 52.6 Å². The van der Waals surface area contributed by atoms with E-state index in [1.54, 1.807) is 17.6 Å². The van der Waals surface area contributed by atoms with Crippen LogP contribution in [0.2, 0.25) is 0 Å². The molecule has 3 aromatic heterocycles. The average Bonchev–Trinajstić information content (AvgIpc) is 3.39. The fraction of sp³-hybridized carbons (Fsp3) is 0.250. The van der Waals surface area contributed by atoms with Gasteiger partial charge in [0.1, 0.15) is 11.0 Å². The van der Waals surface area contributed by atoms with Crippen LogP contribution in [0, 0.1) is 3.95 Å². The first-order valence-corrected chi connectivity index (χ1v) is 11.8. The second-order valence-electron chi connectivity index (χ2n) is 6.76. The third-order valence-electron chi connectivity index (χ3n) is 4.76. The van der Waals surface area contributed by atoms with E-state index in [1.807, 2.05) is 17.5 Å². The van der Waals surface area contributed by atoms with Crippen LogP contribution in [-0.4, -0.2) is 32.7 Å². The summed E-state index contributed by atoms with van der Waals surface area (Å²) in [6.07, 6.45) is 3.07. The van der Waals surface area contributed by atoms with Crippen molar-refractivity contribution in [3.63, 3.8) is 0 Å². The second kappa shape index (κ2) is 9.18. The summed E-state index contributed by atoms with van der Waals surface area (Å²) in [7, 11) is 0. The number of fused-ring (bicyclic) bond motifs is 1. The molecule has 12 heteroatoms. The molecule has 9 nitrogen and oxygen atoms in total. The Kier molecular flexibility index (Phi) is 6.35. The number of urea groups is 1. The molecule has 166 valence electrons. The molecule has 0 spiro atoms. The highest BCUT2D eigenvalue weighted by Gasteiger charge is 2.34. The smallest absolute Gasteiger partial charge is 0.338 e. The van der Waals surface area contributed by atoms with Gasteiger partial charge < -0.3 is 19.9 Å². The first-order chi connectivity index (χ1) is 15.4. The molecule has 0 aromatic carbocycles. The van der Waals surface area contributed by atoms with Gasteiger partial charge in [-0.15, -0.1) is 17.9 Å². The SMILES string of the molecule is C=CCn1c(=S)sc2c(=O)n(CC3=C(C(=O)OCC)[C@@H](c4cccs4)NC(=O)N3)cnc21. The van der Waals surface area contributed by atoms with E-state index in [9.17, 15) is 14.4 Å². The number of thiazole rings is 1. The molecule has 1 atom stereocenters. The van der Waals surface area contributed by atoms with Crippen LogP contribution < -0.4 is 16.2 Å². The molecule has 4 heterocycles. The van der Waals surface area contributed by atoms with Crippen molar-refractivity contribution >= 4 is 57.2 Å².